The summed E-state index contributed by atoms with van der Waals surface area (Å²) >= 11 is 0. The summed E-state index contributed by atoms with van der Waals surface area (Å²) in [6, 6.07) is 4.93. The topological polar surface area (TPSA) is 52.5 Å². The van der Waals surface area contributed by atoms with Crippen molar-refractivity contribution in [3.63, 3.8) is 0 Å². The van der Waals surface area contributed by atoms with Crippen LogP contribution >= 0.6 is 0 Å². The van der Waals surface area contributed by atoms with Crippen LogP contribution in [0.25, 0.3) is 0 Å². The van der Waals surface area contributed by atoms with Crippen molar-refractivity contribution < 1.29 is 10.2 Å². The van der Waals surface area contributed by atoms with Crippen molar-refractivity contribution in [1.82, 2.24) is 5.32 Å². The molecule has 1 rings (SSSR count). The number of phenols is 2. The summed E-state index contributed by atoms with van der Waals surface area (Å²) in [7, 11) is 0. The summed E-state index contributed by atoms with van der Waals surface area (Å²) in [6.07, 6.45) is 0.838. The van der Waals surface area contributed by atoms with Crippen LogP contribution in [0.1, 0.15) is 26.3 Å². The molecule has 1 aromatic carbocycles. The van der Waals surface area contributed by atoms with E-state index in [-0.39, 0.29) is 17.0 Å². The first-order chi connectivity index (χ1) is 6.88. The van der Waals surface area contributed by atoms with E-state index in [0.717, 1.165) is 18.5 Å². The van der Waals surface area contributed by atoms with Gasteiger partial charge in [0, 0.05) is 5.54 Å². The minimum absolute atomic E-state index is 0.0525. The third-order valence-corrected chi connectivity index (χ3v) is 2.11. The van der Waals surface area contributed by atoms with E-state index in [1.807, 2.05) is 6.07 Å². The minimum atomic E-state index is -0.0671. The fraction of sp³-hybridized carbons (Fsp3) is 0.500. The quantitative estimate of drug-likeness (QED) is 0.668. The standard InChI is InChI=1S/C12H19NO2/c1-12(2,3)13-7-6-9-4-5-10(14)11(15)8-9/h4-5,8,13-15H,6-7H2,1-3H3. The molecule has 1 aromatic rings. The van der Waals surface area contributed by atoms with Gasteiger partial charge in [-0.25, -0.2) is 0 Å². The normalized spacial score (nSPS) is 11.7. The molecule has 0 unspecified atom stereocenters. The Balaban J connectivity index is 2.48. The molecule has 0 aromatic heterocycles. The highest BCUT2D eigenvalue weighted by atomic mass is 16.3. The maximum absolute atomic E-state index is 9.29. The molecule has 0 saturated heterocycles. The van der Waals surface area contributed by atoms with Crippen molar-refractivity contribution in [2.75, 3.05) is 6.54 Å². The van der Waals surface area contributed by atoms with Crippen molar-refractivity contribution in [1.29, 1.82) is 0 Å². The highest BCUT2D eigenvalue weighted by Crippen LogP contribution is 2.24. The molecule has 15 heavy (non-hydrogen) atoms. The highest BCUT2D eigenvalue weighted by Gasteiger charge is 2.08. The van der Waals surface area contributed by atoms with Crippen LogP contribution in [0, 0.1) is 0 Å². The molecule has 0 spiro atoms. The first kappa shape index (κ1) is 11.9. The van der Waals surface area contributed by atoms with Gasteiger partial charge in [-0.3, -0.25) is 0 Å². The Hall–Kier alpha value is -1.22. The molecule has 0 bridgehead atoms. The third-order valence-electron chi connectivity index (χ3n) is 2.11. The Morgan fingerprint density at radius 3 is 2.33 bits per heavy atom. The summed E-state index contributed by atoms with van der Waals surface area (Å²) < 4.78 is 0. The molecule has 0 radical (unpaired) electrons. The zero-order chi connectivity index (χ0) is 11.5. The van der Waals surface area contributed by atoms with Crippen LogP contribution in [0.2, 0.25) is 0 Å². The predicted octanol–water partition coefficient (Wildman–Crippen LogP) is 2.03. The van der Waals surface area contributed by atoms with Gasteiger partial charge >= 0.3 is 0 Å². The lowest BCUT2D eigenvalue weighted by molar-refractivity contribution is 0.402. The van der Waals surface area contributed by atoms with E-state index >= 15 is 0 Å². The van der Waals surface area contributed by atoms with E-state index in [1.54, 1.807) is 6.07 Å². The van der Waals surface area contributed by atoms with Gasteiger partial charge in [-0.2, -0.15) is 0 Å². The smallest absolute Gasteiger partial charge is 0.157 e. The van der Waals surface area contributed by atoms with Gasteiger partial charge in [-0.05, 0) is 51.4 Å². The van der Waals surface area contributed by atoms with Crippen LogP contribution in [0.15, 0.2) is 18.2 Å². The van der Waals surface area contributed by atoms with Gasteiger partial charge in [0.2, 0.25) is 0 Å². The van der Waals surface area contributed by atoms with Crippen LogP contribution in [0.5, 0.6) is 11.5 Å². The lowest BCUT2D eigenvalue weighted by atomic mass is 10.1. The monoisotopic (exact) mass is 209 g/mol. The lowest BCUT2D eigenvalue weighted by Gasteiger charge is -2.20. The molecule has 0 heterocycles. The molecule has 0 saturated carbocycles. The second kappa shape index (κ2) is 4.53. The average Bonchev–Trinajstić information content (AvgIpc) is 2.09. The molecule has 0 atom stereocenters. The predicted molar refractivity (Wildman–Crippen MR) is 61.2 cm³/mol. The van der Waals surface area contributed by atoms with E-state index in [0.29, 0.717) is 0 Å². The number of hydrogen-bond acceptors (Lipinski definition) is 3. The van der Waals surface area contributed by atoms with Crippen LogP contribution < -0.4 is 5.32 Å². The third kappa shape index (κ3) is 4.21. The van der Waals surface area contributed by atoms with E-state index in [9.17, 15) is 5.11 Å². The van der Waals surface area contributed by atoms with Crippen molar-refractivity contribution in [2.24, 2.45) is 0 Å². The number of nitrogens with one attached hydrogen (secondary N) is 1. The maximum Gasteiger partial charge on any atom is 0.157 e. The summed E-state index contributed by atoms with van der Waals surface area (Å²) in [5, 5.41) is 21.8. The van der Waals surface area contributed by atoms with E-state index in [2.05, 4.69) is 26.1 Å². The van der Waals surface area contributed by atoms with Gasteiger partial charge in [0.05, 0.1) is 0 Å². The molecule has 3 N–H and O–H groups in total. The Bertz CT molecular complexity index is 329. The number of phenolic OH excluding ortho intramolecular Hbond substituents is 2. The molecule has 0 amide bonds. The second-order valence-corrected chi connectivity index (χ2v) is 4.75. The summed E-state index contributed by atoms with van der Waals surface area (Å²) in [5.74, 6) is -0.120. The fourth-order valence-corrected chi connectivity index (χ4v) is 1.31. The Labute approximate surface area is 90.8 Å². The number of rotatable bonds is 3. The van der Waals surface area contributed by atoms with Crippen LogP contribution in [-0.4, -0.2) is 22.3 Å². The molecule has 0 aliphatic heterocycles. The summed E-state index contributed by atoms with van der Waals surface area (Å²) in [5.41, 5.74) is 1.13. The second-order valence-electron chi connectivity index (χ2n) is 4.75. The lowest BCUT2D eigenvalue weighted by Crippen LogP contribution is -2.37. The first-order valence-electron chi connectivity index (χ1n) is 5.14. The van der Waals surface area contributed by atoms with E-state index < -0.39 is 0 Å². The molecule has 0 aliphatic rings. The zero-order valence-electron chi connectivity index (χ0n) is 9.54. The Kier molecular flexibility index (Phi) is 3.58. The number of benzene rings is 1. The van der Waals surface area contributed by atoms with Crippen molar-refractivity contribution >= 4 is 0 Å². The molecular weight excluding hydrogens is 190 g/mol. The van der Waals surface area contributed by atoms with Gasteiger partial charge in [-0.15, -0.1) is 0 Å². The largest absolute Gasteiger partial charge is 0.504 e. The Morgan fingerprint density at radius 2 is 1.80 bits per heavy atom. The van der Waals surface area contributed by atoms with Gasteiger partial charge in [-0.1, -0.05) is 6.07 Å². The highest BCUT2D eigenvalue weighted by molar-refractivity contribution is 5.40. The van der Waals surface area contributed by atoms with Gasteiger partial charge in [0.1, 0.15) is 0 Å². The SMILES string of the molecule is CC(C)(C)NCCc1ccc(O)c(O)c1. The van der Waals surface area contributed by atoms with Crippen molar-refractivity contribution in [2.45, 2.75) is 32.7 Å². The molecular formula is C12H19NO2. The van der Waals surface area contributed by atoms with E-state index in [1.165, 1.54) is 6.07 Å². The molecule has 0 fully saturated rings. The van der Waals surface area contributed by atoms with Crippen LogP contribution in [0.4, 0.5) is 0 Å². The average molecular weight is 209 g/mol. The van der Waals surface area contributed by atoms with Gasteiger partial charge in [0.15, 0.2) is 11.5 Å². The van der Waals surface area contributed by atoms with E-state index in [4.69, 9.17) is 5.11 Å². The molecule has 0 aliphatic carbocycles. The number of aromatic hydroxyl groups is 2. The maximum atomic E-state index is 9.29. The number of hydrogen-bond donors (Lipinski definition) is 3. The van der Waals surface area contributed by atoms with Gasteiger partial charge < -0.3 is 15.5 Å². The molecule has 3 heteroatoms. The summed E-state index contributed by atoms with van der Waals surface area (Å²) in [4.78, 5) is 0. The van der Waals surface area contributed by atoms with Crippen molar-refractivity contribution in [3.05, 3.63) is 23.8 Å². The summed E-state index contributed by atoms with van der Waals surface area (Å²) in [6.45, 7) is 7.19. The van der Waals surface area contributed by atoms with Crippen LogP contribution in [-0.2, 0) is 6.42 Å². The zero-order valence-corrected chi connectivity index (χ0v) is 9.54. The minimum Gasteiger partial charge on any atom is -0.504 e. The van der Waals surface area contributed by atoms with Crippen LogP contribution in [0.3, 0.4) is 0 Å². The molecule has 84 valence electrons. The fourth-order valence-electron chi connectivity index (χ4n) is 1.31. The van der Waals surface area contributed by atoms with Gasteiger partial charge in [0.25, 0.3) is 0 Å². The first-order valence-corrected chi connectivity index (χ1v) is 5.14. The van der Waals surface area contributed by atoms with Crippen molar-refractivity contribution in [3.8, 4) is 11.5 Å². The molecule has 3 nitrogen and oxygen atoms in total. The Morgan fingerprint density at radius 1 is 1.13 bits per heavy atom.